The number of nitrogens with zero attached hydrogens (tertiary/aromatic N) is 1. The Hall–Kier alpha value is -2.44. The Morgan fingerprint density at radius 1 is 0.333 bits per heavy atom. The molecule has 0 saturated carbocycles. The largest absolute Gasteiger partial charge is 0.481 e. The van der Waals surface area contributed by atoms with Crippen molar-refractivity contribution < 1.29 is 81.1 Å². The van der Waals surface area contributed by atoms with E-state index in [2.05, 4.69) is 10.6 Å². The minimum Gasteiger partial charge on any atom is -0.481 e. The number of ether oxygens (including phenoxy) is 12. The van der Waals surface area contributed by atoms with Gasteiger partial charge in [-0.25, -0.2) is 0 Å². The van der Waals surface area contributed by atoms with E-state index in [-0.39, 0.29) is 23.6 Å². The average molecular weight is 1130 g/mol. The Bertz CT molecular complexity index is 1230. The number of amides is 2. The molecule has 0 rings (SSSR count). The minimum atomic E-state index is -0.687. The first-order valence-electron chi connectivity index (χ1n) is 30.1. The molecule has 466 valence electrons. The molecule has 0 aliphatic carbocycles. The van der Waals surface area contributed by atoms with Crippen LogP contribution in [0, 0.1) is 0 Å². The van der Waals surface area contributed by atoms with Crippen molar-refractivity contribution in [1.29, 1.82) is 0 Å². The van der Waals surface area contributed by atoms with E-state index in [9.17, 15) is 19.2 Å². The zero-order chi connectivity index (χ0) is 57.9. The van der Waals surface area contributed by atoms with Gasteiger partial charge in [-0.1, -0.05) is 105 Å². The van der Waals surface area contributed by atoms with E-state index in [1.165, 1.54) is 57.8 Å². The van der Waals surface area contributed by atoms with E-state index in [0.29, 0.717) is 191 Å². The topological polar surface area (TPSA) is 227 Å². The van der Waals surface area contributed by atoms with Gasteiger partial charge in [0.05, 0.1) is 165 Å². The molecule has 1 unspecified atom stereocenters. The Kier molecular flexibility index (Phi) is 72.3. The lowest BCUT2D eigenvalue weighted by molar-refractivity contribution is -0.137. The van der Waals surface area contributed by atoms with Gasteiger partial charge in [-0.3, -0.25) is 24.1 Å². The van der Waals surface area contributed by atoms with Gasteiger partial charge in [0.1, 0.15) is 5.78 Å². The molecule has 78 heavy (non-hydrogen) atoms. The van der Waals surface area contributed by atoms with Crippen LogP contribution in [0.3, 0.4) is 0 Å². The van der Waals surface area contributed by atoms with Gasteiger partial charge in [0.2, 0.25) is 11.8 Å². The summed E-state index contributed by atoms with van der Waals surface area (Å²) in [4.78, 5) is 48.1. The van der Waals surface area contributed by atoms with E-state index in [0.717, 1.165) is 51.4 Å². The second kappa shape index (κ2) is 70.7. The van der Waals surface area contributed by atoms with Crippen molar-refractivity contribution in [3.63, 3.8) is 0 Å². The van der Waals surface area contributed by atoms with E-state index in [1.807, 2.05) is 46.7 Å². The number of nitrogens with one attached hydrogen (secondary N) is 2. The second-order valence-corrected chi connectivity index (χ2v) is 18.2. The number of carbonyl (C=O) groups is 4. The number of aliphatic carboxylic acids is 1. The van der Waals surface area contributed by atoms with Gasteiger partial charge in [-0.2, -0.15) is 0 Å². The third-order valence-corrected chi connectivity index (χ3v) is 11.5. The first kappa shape index (κ1) is 79.8. The molecule has 0 aromatic rings. The maximum absolute atomic E-state index is 12.1. The highest BCUT2D eigenvalue weighted by Crippen LogP contribution is 2.14. The fraction of sp³-hybridized carbons (Fsp3) is 0.931. The van der Waals surface area contributed by atoms with Crippen molar-refractivity contribution in [1.82, 2.24) is 15.5 Å². The highest BCUT2D eigenvalue weighted by Gasteiger charge is 2.15. The van der Waals surface area contributed by atoms with Gasteiger partial charge in [0, 0.05) is 32.4 Å². The molecule has 20 heteroatoms. The summed E-state index contributed by atoms with van der Waals surface area (Å²) in [5.41, 5.74) is 0. The van der Waals surface area contributed by atoms with Crippen LogP contribution in [0.1, 0.15) is 163 Å². The third-order valence-electron chi connectivity index (χ3n) is 11.5. The van der Waals surface area contributed by atoms with E-state index >= 15 is 0 Å². The summed E-state index contributed by atoms with van der Waals surface area (Å²) in [7, 11) is 3.82. The lowest BCUT2D eigenvalue weighted by atomic mass is 10.0. The Labute approximate surface area is 473 Å². The normalized spacial score (nSPS) is 11.5. The zero-order valence-corrected chi connectivity index (χ0v) is 50.5. The molecule has 0 aromatic carbocycles. The molecule has 20 nitrogen and oxygen atoms in total. The van der Waals surface area contributed by atoms with Gasteiger partial charge in [-0.05, 0) is 53.1 Å². The van der Waals surface area contributed by atoms with Gasteiger partial charge < -0.3 is 72.6 Å². The number of ketones is 1. The number of carbonyl (C=O) groups excluding carboxylic acids is 3. The molecule has 2 amide bonds. The molecule has 0 bridgehead atoms. The molecule has 0 aliphatic heterocycles. The number of carboxylic acid groups (broad SMARTS) is 1. The van der Waals surface area contributed by atoms with Crippen LogP contribution >= 0.6 is 0 Å². The van der Waals surface area contributed by atoms with Crippen LogP contribution in [0.5, 0.6) is 0 Å². The number of hydrogen-bond acceptors (Lipinski definition) is 17. The first-order chi connectivity index (χ1) is 38.2. The number of hydrogen-bond donors (Lipinski definition) is 3. The quantitative estimate of drug-likeness (QED) is 0.0492. The standard InChI is InChI=1S/C54H105N3O17.2C2H6/c1-50(58)51(57(2)3)20-18-19-24-55-53(60)23-26-63-28-30-65-32-34-67-36-38-69-40-42-71-44-46-73-48-49-74-47-45-72-43-41-70-39-37-68-35-33-66-31-29-64-27-25-56-52(59)21-16-14-12-10-8-6-4-5-7-9-11-13-15-17-22-54(61)62;2*1-2/h51H,4-49H2,1-3H3,(H,55,60)(H,56,59)(H,61,62);2*1-2H3. The van der Waals surface area contributed by atoms with Crippen molar-refractivity contribution in [3.05, 3.63) is 0 Å². The highest BCUT2D eigenvalue weighted by atomic mass is 16.6. The van der Waals surface area contributed by atoms with E-state index < -0.39 is 5.97 Å². The van der Waals surface area contributed by atoms with Crippen LogP contribution in [0.25, 0.3) is 0 Å². The Morgan fingerprint density at radius 3 is 0.885 bits per heavy atom. The van der Waals surface area contributed by atoms with Crippen molar-refractivity contribution in [3.8, 4) is 0 Å². The molecule has 0 radical (unpaired) electrons. The van der Waals surface area contributed by atoms with Gasteiger partial charge in [0.15, 0.2) is 0 Å². The average Bonchev–Trinajstić information content (AvgIpc) is 3.43. The smallest absolute Gasteiger partial charge is 0.303 e. The predicted octanol–water partition coefficient (Wildman–Crippen LogP) is 7.88. The molecule has 1 atom stereocenters. The molecule has 0 saturated heterocycles. The minimum absolute atomic E-state index is 0.0395. The van der Waals surface area contributed by atoms with E-state index in [4.69, 9.17) is 61.9 Å². The van der Waals surface area contributed by atoms with E-state index in [1.54, 1.807) is 6.92 Å². The lowest BCUT2D eigenvalue weighted by Gasteiger charge is -2.21. The summed E-state index contributed by atoms with van der Waals surface area (Å²) >= 11 is 0. The molecule has 0 spiro atoms. The fourth-order valence-corrected chi connectivity index (χ4v) is 7.32. The van der Waals surface area contributed by atoms with Gasteiger partial charge in [0.25, 0.3) is 0 Å². The fourth-order valence-electron chi connectivity index (χ4n) is 7.32. The van der Waals surface area contributed by atoms with Crippen LogP contribution in [-0.4, -0.2) is 225 Å². The molecule has 0 aliphatic rings. The lowest BCUT2D eigenvalue weighted by Crippen LogP contribution is -2.34. The monoisotopic (exact) mass is 1130 g/mol. The second-order valence-electron chi connectivity index (χ2n) is 18.2. The van der Waals surface area contributed by atoms with Crippen LogP contribution in [0.2, 0.25) is 0 Å². The number of likely N-dealkylation sites (N-methyl/N-ethyl adjacent to an activating group) is 1. The summed E-state index contributed by atoms with van der Waals surface area (Å²) < 4.78 is 66.2. The van der Waals surface area contributed by atoms with Gasteiger partial charge >= 0.3 is 5.97 Å². The summed E-state index contributed by atoms with van der Waals surface area (Å²) in [5, 5.41) is 14.5. The first-order valence-corrected chi connectivity index (χ1v) is 30.1. The van der Waals surface area contributed by atoms with Crippen LogP contribution in [0.15, 0.2) is 0 Å². The molecule has 0 fully saturated rings. The van der Waals surface area contributed by atoms with Crippen molar-refractivity contribution in [2.24, 2.45) is 0 Å². The number of unbranched alkanes of at least 4 members (excludes halogenated alkanes) is 14. The molecule has 0 aromatic heterocycles. The molecular weight excluding hydrogens is 1010 g/mol. The SMILES string of the molecule is CC.CC.CC(=O)C(CCCCNC(=O)CCOCCOCCOCCOCCOCCOCCOCCOCCOCCOCCOCCOCCNC(=O)CCCCCCCCCCCCCCCCC(=O)O)N(C)C. The van der Waals surface area contributed by atoms with Crippen LogP contribution < -0.4 is 10.6 Å². The number of Topliss-reactive ketones (excluding diaryl/α,β-unsaturated/α-hetero) is 1. The molecule has 3 N–H and O–H groups in total. The summed E-state index contributed by atoms with van der Waals surface area (Å²) in [6, 6.07) is -0.0613. The summed E-state index contributed by atoms with van der Waals surface area (Å²) in [5.74, 6) is -0.469. The maximum atomic E-state index is 12.1. The van der Waals surface area contributed by atoms with Crippen molar-refractivity contribution in [2.45, 2.75) is 169 Å². The number of rotatable bonds is 63. The Morgan fingerprint density at radius 2 is 0.590 bits per heavy atom. The number of carboxylic acids is 1. The maximum Gasteiger partial charge on any atom is 0.303 e. The summed E-state index contributed by atoms with van der Waals surface area (Å²) in [6.07, 6.45) is 20.1. The third kappa shape index (κ3) is 69.7. The van der Waals surface area contributed by atoms with Gasteiger partial charge in [-0.15, -0.1) is 0 Å². The highest BCUT2D eigenvalue weighted by molar-refractivity contribution is 5.81. The Balaban J connectivity index is -0.0000137. The van der Waals surface area contributed by atoms with Crippen LogP contribution in [0.4, 0.5) is 0 Å². The van der Waals surface area contributed by atoms with Crippen LogP contribution in [-0.2, 0) is 76.0 Å². The molecule has 0 heterocycles. The zero-order valence-electron chi connectivity index (χ0n) is 50.5. The van der Waals surface area contributed by atoms with Crippen molar-refractivity contribution in [2.75, 3.05) is 186 Å². The van der Waals surface area contributed by atoms with Crippen molar-refractivity contribution >= 4 is 23.6 Å². The predicted molar refractivity (Wildman–Crippen MR) is 307 cm³/mol. The summed E-state index contributed by atoms with van der Waals surface area (Å²) in [6.45, 7) is 21.9. The molecular formula is C58H117N3O17.